The summed E-state index contributed by atoms with van der Waals surface area (Å²) < 4.78 is 0. The van der Waals surface area contributed by atoms with Crippen LogP contribution < -0.4 is 5.73 Å². The quantitative estimate of drug-likeness (QED) is 0.864. The van der Waals surface area contributed by atoms with Crippen LogP contribution in [0.5, 0.6) is 0 Å². The van der Waals surface area contributed by atoms with E-state index in [-0.39, 0.29) is 5.54 Å². The highest BCUT2D eigenvalue weighted by atomic mass is 15.1. The molecule has 2 heteroatoms. The van der Waals surface area contributed by atoms with E-state index in [1.807, 2.05) is 0 Å². The molecule has 2 rings (SSSR count). The first kappa shape index (κ1) is 13.6. The number of nitrogens with zero attached hydrogens (tertiary/aromatic N) is 1. The maximum atomic E-state index is 6.04. The van der Waals surface area contributed by atoms with Crippen molar-refractivity contribution in [3.63, 3.8) is 0 Å². The SMILES string of the molecule is CN(CCc1ccc2c(c1)CCC2)CC(C)(C)N. The molecule has 2 nitrogen and oxygen atoms in total. The third-order valence-electron chi connectivity index (χ3n) is 3.62. The lowest BCUT2D eigenvalue weighted by Crippen LogP contribution is -2.44. The Balaban J connectivity index is 1.87. The van der Waals surface area contributed by atoms with Gasteiger partial charge in [-0.1, -0.05) is 18.2 Å². The largest absolute Gasteiger partial charge is 0.324 e. The summed E-state index contributed by atoms with van der Waals surface area (Å²) in [5.74, 6) is 0. The molecule has 0 fully saturated rings. The van der Waals surface area contributed by atoms with Crippen LogP contribution in [-0.4, -0.2) is 30.6 Å². The predicted octanol–water partition coefficient (Wildman–Crippen LogP) is 2.39. The van der Waals surface area contributed by atoms with E-state index < -0.39 is 0 Å². The van der Waals surface area contributed by atoms with Crippen molar-refractivity contribution < 1.29 is 0 Å². The minimum absolute atomic E-state index is 0.104. The van der Waals surface area contributed by atoms with Crippen molar-refractivity contribution in [1.82, 2.24) is 4.90 Å². The van der Waals surface area contributed by atoms with E-state index in [2.05, 4.69) is 44.0 Å². The number of hydrogen-bond acceptors (Lipinski definition) is 2. The minimum Gasteiger partial charge on any atom is -0.324 e. The fourth-order valence-corrected chi connectivity index (χ4v) is 2.88. The third kappa shape index (κ3) is 3.82. The van der Waals surface area contributed by atoms with Crippen LogP contribution >= 0.6 is 0 Å². The first-order chi connectivity index (χ1) is 8.44. The predicted molar refractivity (Wildman–Crippen MR) is 77.9 cm³/mol. The van der Waals surface area contributed by atoms with Gasteiger partial charge in [0.1, 0.15) is 0 Å². The average Bonchev–Trinajstić information content (AvgIpc) is 2.71. The first-order valence-corrected chi connectivity index (χ1v) is 7.02. The van der Waals surface area contributed by atoms with Crippen molar-refractivity contribution in [1.29, 1.82) is 0 Å². The standard InChI is InChI=1S/C16H26N2/c1-16(2,17)12-18(3)10-9-13-7-8-14-5-4-6-15(14)11-13/h7-8,11H,4-6,9-10,12,17H2,1-3H3. The summed E-state index contributed by atoms with van der Waals surface area (Å²) in [5, 5.41) is 0. The summed E-state index contributed by atoms with van der Waals surface area (Å²) in [4.78, 5) is 2.33. The van der Waals surface area contributed by atoms with Gasteiger partial charge in [0.15, 0.2) is 0 Å². The van der Waals surface area contributed by atoms with Crippen LogP contribution in [0.1, 0.15) is 37.0 Å². The van der Waals surface area contributed by atoms with Crippen LogP contribution in [0.15, 0.2) is 18.2 Å². The summed E-state index contributed by atoms with van der Waals surface area (Å²) in [6.45, 7) is 6.19. The van der Waals surface area contributed by atoms with Gasteiger partial charge >= 0.3 is 0 Å². The van der Waals surface area contributed by atoms with Crippen molar-refractivity contribution in [3.8, 4) is 0 Å². The molecule has 0 aromatic heterocycles. The molecule has 100 valence electrons. The third-order valence-corrected chi connectivity index (χ3v) is 3.62. The molecular formula is C16H26N2. The second-order valence-electron chi connectivity index (χ2n) is 6.43. The molecule has 0 bridgehead atoms. The highest BCUT2D eigenvalue weighted by molar-refractivity contribution is 5.35. The molecule has 0 unspecified atom stereocenters. The molecule has 0 heterocycles. The molecule has 0 aliphatic heterocycles. The molecule has 1 aliphatic rings. The lowest BCUT2D eigenvalue weighted by molar-refractivity contribution is 0.273. The molecule has 0 amide bonds. The van der Waals surface area contributed by atoms with E-state index in [1.165, 1.54) is 24.8 Å². The molecule has 0 spiro atoms. The lowest BCUT2D eigenvalue weighted by atomic mass is 10.0. The Kier molecular flexibility index (Phi) is 4.08. The van der Waals surface area contributed by atoms with E-state index in [9.17, 15) is 0 Å². The van der Waals surface area contributed by atoms with E-state index in [4.69, 9.17) is 5.73 Å². The summed E-state index contributed by atoms with van der Waals surface area (Å²) in [6, 6.07) is 7.03. The van der Waals surface area contributed by atoms with Crippen molar-refractivity contribution in [2.75, 3.05) is 20.1 Å². The van der Waals surface area contributed by atoms with E-state index >= 15 is 0 Å². The summed E-state index contributed by atoms with van der Waals surface area (Å²) in [6.07, 6.45) is 5.01. The normalized spacial score (nSPS) is 15.2. The zero-order valence-corrected chi connectivity index (χ0v) is 12.0. The maximum Gasteiger partial charge on any atom is 0.0225 e. The lowest BCUT2D eigenvalue weighted by Gasteiger charge is -2.26. The molecule has 0 radical (unpaired) electrons. The Bertz CT molecular complexity index is 404. The summed E-state index contributed by atoms with van der Waals surface area (Å²) in [5.41, 5.74) is 10.5. The van der Waals surface area contributed by atoms with Gasteiger partial charge < -0.3 is 10.6 Å². The molecule has 1 aromatic carbocycles. The van der Waals surface area contributed by atoms with Crippen LogP contribution in [-0.2, 0) is 19.3 Å². The number of fused-ring (bicyclic) bond motifs is 1. The van der Waals surface area contributed by atoms with Crippen LogP contribution in [0.4, 0.5) is 0 Å². The van der Waals surface area contributed by atoms with Gasteiger partial charge in [-0.2, -0.15) is 0 Å². The molecule has 0 saturated carbocycles. The van der Waals surface area contributed by atoms with Gasteiger partial charge in [0.2, 0.25) is 0 Å². The summed E-state index contributed by atoms with van der Waals surface area (Å²) >= 11 is 0. The van der Waals surface area contributed by atoms with Crippen molar-refractivity contribution >= 4 is 0 Å². The molecule has 18 heavy (non-hydrogen) atoms. The molecule has 2 N–H and O–H groups in total. The number of aryl methyl sites for hydroxylation is 2. The topological polar surface area (TPSA) is 29.3 Å². The van der Waals surface area contributed by atoms with Gasteiger partial charge in [0.05, 0.1) is 0 Å². The first-order valence-electron chi connectivity index (χ1n) is 7.02. The van der Waals surface area contributed by atoms with Crippen molar-refractivity contribution in [3.05, 3.63) is 34.9 Å². The monoisotopic (exact) mass is 246 g/mol. The number of benzene rings is 1. The Morgan fingerprint density at radius 1 is 1.22 bits per heavy atom. The summed E-state index contributed by atoms with van der Waals surface area (Å²) in [7, 11) is 2.15. The van der Waals surface area contributed by atoms with Gasteiger partial charge in [-0.25, -0.2) is 0 Å². The van der Waals surface area contributed by atoms with Gasteiger partial charge in [0, 0.05) is 18.6 Å². The Labute approximate surface area is 111 Å². The number of hydrogen-bond donors (Lipinski definition) is 1. The highest BCUT2D eigenvalue weighted by Crippen LogP contribution is 2.23. The number of rotatable bonds is 5. The zero-order chi connectivity index (χ0) is 13.2. The van der Waals surface area contributed by atoms with Crippen LogP contribution in [0.25, 0.3) is 0 Å². The van der Waals surface area contributed by atoms with Gasteiger partial charge in [-0.3, -0.25) is 0 Å². The van der Waals surface area contributed by atoms with Gasteiger partial charge in [-0.15, -0.1) is 0 Å². The van der Waals surface area contributed by atoms with Crippen LogP contribution in [0.3, 0.4) is 0 Å². The second-order valence-corrected chi connectivity index (χ2v) is 6.43. The molecular weight excluding hydrogens is 220 g/mol. The molecule has 0 saturated heterocycles. The van der Waals surface area contributed by atoms with Crippen LogP contribution in [0, 0.1) is 0 Å². The molecule has 0 atom stereocenters. The Hall–Kier alpha value is -0.860. The van der Waals surface area contributed by atoms with Gasteiger partial charge in [-0.05, 0) is 63.3 Å². The molecule has 1 aromatic rings. The number of nitrogens with two attached hydrogens (primary N) is 1. The minimum atomic E-state index is -0.104. The highest BCUT2D eigenvalue weighted by Gasteiger charge is 2.14. The Morgan fingerprint density at radius 2 is 1.94 bits per heavy atom. The fourth-order valence-electron chi connectivity index (χ4n) is 2.88. The zero-order valence-electron chi connectivity index (χ0n) is 12.0. The average molecular weight is 246 g/mol. The second kappa shape index (κ2) is 5.41. The maximum absolute atomic E-state index is 6.04. The smallest absolute Gasteiger partial charge is 0.0225 e. The van der Waals surface area contributed by atoms with E-state index in [0.29, 0.717) is 0 Å². The number of likely N-dealkylation sites (N-methyl/N-ethyl adjacent to an activating group) is 1. The fraction of sp³-hybridized carbons (Fsp3) is 0.625. The van der Waals surface area contributed by atoms with E-state index in [0.717, 1.165) is 19.5 Å². The van der Waals surface area contributed by atoms with Crippen LogP contribution in [0.2, 0.25) is 0 Å². The van der Waals surface area contributed by atoms with Gasteiger partial charge in [0.25, 0.3) is 0 Å². The van der Waals surface area contributed by atoms with Crippen molar-refractivity contribution in [2.24, 2.45) is 5.73 Å². The Morgan fingerprint density at radius 3 is 2.67 bits per heavy atom. The van der Waals surface area contributed by atoms with Crippen molar-refractivity contribution in [2.45, 2.75) is 45.1 Å². The van der Waals surface area contributed by atoms with E-state index in [1.54, 1.807) is 11.1 Å². The molecule has 1 aliphatic carbocycles.